The molecule has 1 aromatic carbocycles. The van der Waals surface area contributed by atoms with Gasteiger partial charge in [-0.3, -0.25) is 4.72 Å². The number of benzene rings is 1. The van der Waals surface area contributed by atoms with E-state index in [9.17, 15) is 21.6 Å². The molecular formula is C22H22F3N7O3S. The van der Waals surface area contributed by atoms with Crippen LogP contribution in [0, 0.1) is 0 Å². The third-order valence-electron chi connectivity index (χ3n) is 5.02. The topological polar surface area (TPSA) is 130 Å². The Morgan fingerprint density at radius 3 is 2.67 bits per heavy atom. The number of hydrogen-bond donors (Lipinski definition) is 3. The van der Waals surface area contributed by atoms with Crippen molar-refractivity contribution in [2.75, 3.05) is 34.3 Å². The zero-order valence-electron chi connectivity index (χ0n) is 19.0. The van der Waals surface area contributed by atoms with E-state index in [1.807, 2.05) is 0 Å². The zero-order chi connectivity index (χ0) is 25.8. The SMILES string of the molecule is CCS(=O)(=O)Nc1ncccc1CNc1nc(Nc2cccc(C3=NCCO3)c2)ncc1C(F)(F)F. The number of sulfonamides is 1. The van der Waals surface area contributed by atoms with Gasteiger partial charge in [0.05, 0.1) is 12.3 Å². The molecule has 0 aliphatic carbocycles. The van der Waals surface area contributed by atoms with Gasteiger partial charge in [0.15, 0.2) is 0 Å². The van der Waals surface area contributed by atoms with E-state index >= 15 is 0 Å². The Hall–Kier alpha value is -3.94. The van der Waals surface area contributed by atoms with Crippen LogP contribution in [0.15, 0.2) is 53.8 Å². The first-order chi connectivity index (χ1) is 17.1. The van der Waals surface area contributed by atoms with E-state index in [0.717, 1.165) is 0 Å². The molecule has 0 amide bonds. The van der Waals surface area contributed by atoms with Crippen molar-refractivity contribution in [2.45, 2.75) is 19.6 Å². The molecule has 0 spiro atoms. The van der Waals surface area contributed by atoms with Crippen molar-refractivity contribution in [2.24, 2.45) is 4.99 Å². The molecule has 0 atom stereocenters. The van der Waals surface area contributed by atoms with Gasteiger partial charge in [0.2, 0.25) is 21.9 Å². The molecule has 0 bridgehead atoms. The maximum Gasteiger partial charge on any atom is 0.421 e. The normalized spacial score (nSPS) is 13.6. The standard InChI is InChI=1S/C22H22F3N7O3S/c1-2-36(33,34)32-18-15(6-4-8-26-18)12-28-19-17(22(23,24)25)13-29-21(31-19)30-16-7-3-5-14(11-16)20-27-9-10-35-20/h3-8,11,13H,2,9-10,12H2,1H3,(H,26,32)(H2,28,29,30,31). The number of aliphatic imine (C=N–C) groups is 1. The number of hydrogen-bond acceptors (Lipinski definition) is 9. The van der Waals surface area contributed by atoms with Crippen molar-refractivity contribution < 1.29 is 26.3 Å². The number of aromatic nitrogens is 3. The number of nitrogens with one attached hydrogen (secondary N) is 3. The molecule has 1 aliphatic heterocycles. The lowest BCUT2D eigenvalue weighted by atomic mass is 10.2. The van der Waals surface area contributed by atoms with Crippen LogP contribution in [0.25, 0.3) is 0 Å². The molecule has 36 heavy (non-hydrogen) atoms. The molecule has 0 radical (unpaired) electrons. The number of alkyl halides is 3. The lowest BCUT2D eigenvalue weighted by Crippen LogP contribution is -2.18. The van der Waals surface area contributed by atoms with E-state index in [-0.39, 0.29) is 24.1 Å². The molecule has 0 fully saturated rings. The third kappa shape index (κ3) is 6.19. The van der Waals surface area contributed by atoms with Crippen LogP contribution in [-0.2, 0) is 27.5 Å². The Morgan fingerprint density at radius 1 is 1.11 bits per heavy atom. The van der Waals surface area contributed by atoms with Gasteiger partial charge in [-0.05, 0) is 31.2 Å². The summed E-state index contributed by atoms with van der Waals surface area (Å²) in [6.07, 6.45) is -2.67. The number of anilines is 4. The Morgan fingerprint density at radius 2 is 1.94 bits per heavy atom. The molecule has 1 aliphatic rings. The molecule has 0 saturated carbocycles. The molecule has 0 unspecified atom stereocenters. The molecule has 10 nitrogen and oxygen atoms in total. The highest BCUT2D eigenvalue weighted by Gasteiger charge is 2.35. The van der Waals surface area contributed by atoms with Crippen LogP contribution in [0.3, 0.4) is 0 Å². The molecular weight excluding hydrogens is 499 g/mol. The van der Waals surface area contributed by atoms with Gasteiger partial charge in [-0.25, -0.2) is 23.4 Å². The number of ether oxygens (including phenoxy) is 1. The fourth-order valence-corrected chi connectivity index (χ4v) is 3.85. The van der Waals surface area contributed by atoms with Crippen LogP contribution in [0.2, 0.25) is 0 Å². The van der Waals surface area contributed by atoms with Crippen molar-refractivity contribution in [3.8, 4) is 0 Å². The molecule has 14 heteroatoms. The van der Waals surface area contributed by atoms with E-state index in [2.05, 4.69) is 35.3 Å². The lowest BCUT2D eigenvalue weighted by Gasteiger charge is -2.16. The van der Waals surface area contributed by atoms with Gasteiger partial charge >= 0.3 is 6.18 Å². The Balaban J connectivity index is 1.58. The van der Waals surface area contributed by atoms with Gasteiger partial charge in [0.25, 0.3) is 0 Å². The lowest BCUT2D eigenvalue weighted by molar-refractivity contribution is -0.137. The van der Waals surface area contributed by atoms with Crippen molar-refractivity contribution in [3.05, 3.63) is 65.5 Å². The smallest absolute Gasteiger partial charge is 0.421 e. The van der Waals surface area contributed by atoms with E-state index in [1.54, 1.807) is 36.4 Å². The summed E-state index contributed by atoms with van der Waals surface area (Å²) in [6, 6.07) is 10.1. The minimum Gasteiger partial charge on any atom is -0.476 e. The van der Waals surface area contributed by atoms with Crippen molar-refractivity contribution in [3.63, 3.8) is 0 Å². The van der Waals surface area contributed by atoms with Gasteiger partial charge in [0, 0.05) is 35.8 Å². The summed E-state index contributed by atoms with van der Waals surface area (Å²) in [5.41, 5.74) is 0.497. The van der Waals surface area contributed by atoms with E-state index in [1.165, 1.54) is 13.1 Å². The molecule has 190 valence electrons. The van der Waals surface area contributed by atoms with Crippen molar-refractivity contribution in [1.82, 2.24) is 15.0 Å². The molecule has 4 rings (SSSR count). The van der Waals surface area contributed by atoms with Crippen LogP contribution >= 0.6 is 0 Å². The fourth-order valence-electron chi connectivity index (χ4n) is 3.22. The first-order valence-electron chi connectivity index (χ1n) is 10.8. The Labute approximate surface area is 205 Å². The predicted molar refractivity (Wildman–Crippen MR) is 129 cm³/mol. The summed E-state index contributed by atoms with van der Waals surface area (Å²) >= 11 is 0. The quantitative estimate of drug-likeness (QED) is 0.388. The first kappa shape index (κ1) is 25.2. The number of nitrogens with zero attached hydrogens (tertiary/aromatic N) is 4. The summed E-state index contributed by atoms with van der Waals surface area (Å²) in [6.45, 7) is 2.32. The average molecular weight is 522 g/mol. The minimum absolute atomic E-state index is 0.0154. The minimum atomic E-state index is -4.72. The molecule has 3 aromatic rings. The Kier molecular flexibility index (Phi) is 7.24. The molecule has 3 N–H and O–H groups in total. The van der Waals surface area contributed by atoms with E-state index in [4.69, 9.17) is 4.74 Å². The van der Waals surface area contributed by atoms with E-state index in [0.29, 0.717) is 42.1 Å². The third-order valence-corrected chi connectivity index (χ3v) is 6.28. The van der Waals surface area contributed by atoms with Crippen LogP contribution in [0.4, 0.5) is 36.4 Å². The maximum atomic E-state index is 13.6. The monoisotopic (exact) mass is 521 g/mol. The number of pyridine rings is 1. The van der Waals surface area contributed by atoms with Crippen LogP contribution < -0.4 is 15.4 Å². The summed E-state index contributed by atoms with van der Waals surface area (Å²) in [5, 5.41) is 5.53. The molecule has 2 aromatic heterocycles. The molecule has 3 heterocycles. The summed E-state index contributed by atoms with van der Waals surface area (Å²) in [5.74, 6) is -0.235. The second-order valence-electron chi connectivity index (χ2n) is 7.56. The number of halogens is 3. The van der Waals surface area contributed by atoms with Crippen molar-refractivity contribution in [1.29, 1.82) is 0 Å². The van der Waals surface area contributed by atoms with E-state index < -0.39 is 27.6 Å². The van der Waals surface area contributed by atoms with Crippen LogP contribution in [0.5, 0.6) is 0 Å². The van der Waals surface area contributed by atoms with Gasteiger partial charge in [0.1, 0.15) is 23.8 Å². The van der Waals surface area contributed by atoms with Crippen molar-refractivity contribution >= 4 is 39.2 Å². The average Bonchev–Trinajstić information content (AvgIpc) is 3.38. The second kappa shape index (κ2) is 10.4. The van der Waals surface area contributed by atoms with Crippen LogP contribution in [-0.4, -0.2) is 48.2 Å². The highest BCUT2D eigenvalue weighted by molar-refractivity contribution is 7.92. The fraction of sp³-hybridized carbons (Fsp3) is 0.273. The second-order valence-corrected chi connectivity index (χ2v) is 9.58. The highest BCUT2D eigenvalue weighted by Crippen LogP contribution is 2.34. The van der Waals surface area contributed by atoms with Gasteiger partial charge in [-0.15, -0.1) is 0 Å². The van der Waals surface area contributed by atoms with Gasteiger partial charge < -0.3 is 15.4 Å². The number of rotatable bonds is 9. The summed E-state index contributed by atoms with van der Waals surface area (Å²) < 4.78 is 72.6. The highest BCUT2D eigenvalue weighted by atomic mass is 32.2. The Bertz CT molecular complexity index is 1380. The van der Waals surface area contributed by atoms with Crippen LogP contribution in [0.1, 0.15) is 23.6 Å². The maximum absolute atomic E-state index is 13.6. The zero-order valence-corrected chi connectivity index (χ0v) is 19.8. The predicted octanol–water partition coefficient (Wildman–Crippen LogP) is 3.78. The summed E-state index contributed by atoms with van der Waals surface area (Å²) in [7, 11) is -3.63. The first-order valence-corrected chi connectivity index (χ1v) is 12.5. The largest absolute Gasteiger partial charge is 0.476 e. The molecule has 0 saturated heterocycles. The summed E-state index contributed by atoms with van der Waals surface area (Å²) in [4.78, 5) is 16.1. The van der Waals surface area contributed by atoms with Gasteiger partial charge in [-0.1, -0.05) is 12.1 Å². The van der Waals surface area contributed by atoms with Gasteiger partial charge in [-0.2, -0.15) is 18.2 Å².